The number of carbonyl (C=O) groups is 1. The predicted octanol–water partition coefficient (Wildman–Crippen LogP) is 4.11. The van der Waals surface area contributed by atoms with Crippen LogP contribution in [0.3, 0.4) is 0 Å². The molecule has 0 fully saturated rings. The fourth-order valence-electron chi connectivity index (χ4n) is 2.19. The van der Waals surface area contributed by atoms with Crippen LogP contribution in [0.15, 0.2) is 54.1 Å². The van der Waals surface area contributed by atoms with Gasteiger partial charge in [0.1, 0.15) is 23.1 Å². The summed E-state index contributed by atoms with van der Waals surface area (Å²) in [7, 11) is 0. The van der Waals surface area contributed by atoms with E-state index < -0.39 is 30.6 Å². The van der Waals surface area contributed by atoms with Crippen LogP contribution in [0.5, 0.6) is 11.5 Å². The van der Waals surface area contributed by atoms with Crippen molar-refractivity contribution in [1.82, 2.24) is 5.32 Å². The molecule has 0 saturated carbocycles. The quantitative estimate of drug-likeness (QED) is 0.416. The van der Waals surface area contributed by atoms with Gasteiger partial charge in [0.05, 0.1) is 0 Å². The molecule has 0 unspecified atom stereocenters. The number of nitrogens with zero attached hydrogens (tertiary/aromatic N) is 1. The minimum absolute atomic E-state index is 0.0756. The molecule has 2 rings (SSSR count). The van der Waals surface area contributed by atoms with Gasteiger partial charge in [0.25, 0.3) is 5.91 Å². The van der Waals surface area contributed by atoms with Crippen LogP contribution in [0.1, 0.15) is 11.1 Å². The average Bonchev–Trinajstić information content (AvgIpc) is 2.65. The summed E-state index contributed by atoms with van der Waals surface area (Å²) < 4.78 is 58.2. The van der Waals surface area contributed by atoms with Crippen LogP contribution in [0, 0.1) is 11.3 Å². The molecule has 0 spiro atoms. The Kier molecular flexibility index (Phi) is 7.39. The van der Waals surface area contributed by atoms with Crippen LogP contribution in [-0.2, 0) is 11.3 Å². The van der Waals surface area contributed by atoms with Crippen LogP contribution in [0.25, 0.3) is 6.08 Å². The molecule has 9 heteroatoms. The SMILES string of the molecule is N#C/C(=C\c1ccc(OC(F)F)cc1OC(F)F)C(=O)NCc1ccccc1. The highest BCUT2D eigenvalue weighted by Crippen LogP contribution is 2.29. The Balaban J connectivity index is 2.23. The number of alkyl halides is 4. The zero-order valence-electron chi connectivity index (χ0n) is 14.2. The first-order chi connectivity index (χ1) is 13.4. The van der Waals surface area contributed by atoms with E-state index in [0.717, 1.165) is 29.8 Å². The van der Waals surface area contributed by atoms with Gasteiger partial charge in [0.2, 0.25) is 0 Å². The van der Waals surface area contributed by atoms with Crippen LogP contribution in [0.2, 0.25) is 0 Å². The number of nitrogens with one attached hydrogen (secondary N) is 1. The normalized spacial score (nSPS) is 11.2. The molecular weight excluding hydrogens is 380 g/mol. The van der Waals surface area contributed by atoms with Crippen molar-refractivity contribution in [2.75, 3.05) is 0 Å². The van der Waals surface area contributed by atoms with Crippen LogP contribution < -0.4 is 14.8 Å². The van der Waals surface area contributed by atoms with Gasteiger partial charge in [-0.1, -0.05) is 30.3 Å². The van der Waals surface area contributed by atoms with E-state index in [9.17, 15) is 27.6 Å². The first kappa shape index (κ1) is 20.8. The standard InChI is InChI=1S/C19H14F4N2O3/c20-18(21)27-15-7-6-13(16(9-15)28-19(22)23)8-14(10-24)17(26)25-11-12-4-2-1-3-5-12/h1-9,18-19H,11H2,(H,25,26)/b14-8+. The summed E-state index contributed by atoms with van der Waals surface area (Å²) in [5, 5.41) is 11.7. The van der Waals surface area contributed by atoms with Gasteiger partial charge in [-0.15, -0.1) is 0 Å². The summed E-state index contributed by atoms with van der Waals surface area (Å²) in [5.41, 5.74) is 0.342. The van der Waals surface area contributed by atoms with Gasteiger partial charge in [0.15, 0.2) is 0 Å². The lowest BCUT2D eigenvalue weighted by atomic mass is 10.1. The maximum absolute atomic E-state index is 12.6. The van der Waals surface area contributed by atoms with Crippen LogP contribution in [-0.4, -0.2) is 19.1 Å². The second kappa shape index (κ2) is 9.97. The van der Waals surface area contributed by atoms with Crippen molar-refractivity contribution in [3.63, 3.8) is 0 Å². The maximum Gasteiger partial charge on any atom is 0.387 e. The van der Waals surface area contributed by atoms with Gasteiger partial charge in [-0.25, -0.2) is 0 Å². The molecule has 2 aromatic rings. The van der Waals surface area contributed by atoms with Crippen LogP contribution >= 0.6 is 0 Å². The topological polar surface area (TPSA) is 71.3 Å². The van der Waals surface area contributed by atoms with E-state index in [1.54, 1.807) is 36.4 Å². The van der Waals surface area contributed by atoms with Gasteiger partial charge in [-0.3, -0.25) is 4.79 Å². The summed E-state index contributed by atoms with van der Waals surface area (Å²) in [6.45, 7) is -6.24. The highest BCUT2D eigenvalue weighted by atomic mass is 19.3. The van der Waals surface area contributed by atoms with Gasteiger partial charge in [0, 0.05) is 18.2 Å². The Morgan fingerprint density at radius 2 is 1.75 bits per heavy atom. The molecule has 0 atom stereocenters. The maximum atomic E-state index is 12.6. The van der Waals surface area contributed by atoms with E-state index in [1.807, 2.05) is 0 Å². The fourth-order valence-corrected chi connectivity index (χ4v) is 2.19. The lowest BCUT2D eigenvalue weighted by Gasteiger charge is -2.11. The first-order valence-corrected chi connectivity index (χ1v) is 7.86. The average molecular weight is 394 g/mol. The number of amides is 1. The van der Waals surface area contributed by atoms with Crippen LogP contribution in [0.4, 0.5) is 17.6 Å². The van der Waals surface area contributed by atoms with E-state index in [1.165, 1.54) is 0 Å². The zero-order valence-corrected chi connectivity index (χ0v) is 14.2. The molecule has 0 radical (unpaired) electrons. The fraction of sp³-hybridized carbons (Fsp3) is 0.158. The van der Waals surface area contributed by atoms with Gasteiger partial charge < -0.3 is 14.8 Å². The molecule has 0 aromatic heterocycles. The van der Waals surface area contributed by atoms with Crippen molar-refractivity contribution < 1.29 is 31.8 Å². The van der Waals surface area contributed by atoms with Crippen molar-refractivity contribution in [2.24, 2.45) is 0 Å². The first-order valence-electron chi connectivity index (χ1n) is 7.86. The van der Waals surface area contributed by atoms with Crippen molar-refractivity contribution >= 4 is 12.0 Å². The summed E-state index contributed by atoms with van der Waals surface area (Å²) in [6, 6.07) is 13.6. The summed E-state index contributed by atoms with van der Waals surface area (Å²) in [4.78, 5) is 12.2. The lowest BCUT2D eigenvalue weighted by molar-refractivity contribution is -0.117. The number of hydrogen-bond acceptors (Lipinski definition) is 4. The van der Waals surface area contributed by atoms with E-state index in [0.29, 0.717) is 0 Å². The molecule has 0 heterocycles. The number of rotatable bonds is 8. The van der Waals surface area contributed by atoms with Gasteiger partial charge in [-0.2, -0.15) is 22.8 Å². The van der Waals surface area contributed by atoms with Gasteiger partial charge in [-0.05, 0) is 23.8 Å². The van der Waals surface area contributed by atoms with Gasteiger partial charge >= 0.3 is 13.2 Å². The molecule has 5 nitrogen and oxygen atoms in total. The zero-order chi connectivity index (χ0) is 20.5. The number of carbonyl (C=O) groups excluding carboxylic acids is 1. The smallest absolute Gasteiger partial charge is 0.387 e. The Morgan fingerprint density at radius 1 is 1.07 bits per heavy atom. The van der Waals surface area contributed by atoms with Crippen molar-refractivity contribution in [3.8, 4) is 17.6 Å². The van der Waals surface area contributed by atoms with Crippen molar-refractivity contribution in [3.05, 3.63) is 65.2 Å². The van der Waals surface area contributed by atoms with E-state index in [2.05, 4.69) is 14.8 Å². The number of nitriles is 1. The molecule has 0 aliphatic carbocycles. The monoisotopic (exact) mass is 394 g/mol. The third kappa shape index (κ3) is 6.32. The highest BCUT2D eigenvalue weighted by Gasteiger charge is 2.15. The number of halogens is 4. The van der Waals surface area contributed by atoms with E-state index in [4.69, 9.17) is 0 Å². The largest absolute Gasteiger partial charge is 0.435 e. The summed E-state index contributed by atoms with van der Waals surface area (Å²) in [5.74, 6) is -1.66. The predicted molar refractivity (Wildman–Crippen MR) is 91.6 cm³/mol. The minimum Gasteiger partial charge on any atom is -0.435 e. The second-order valence-corrected chi connectivity index (χ2v) is 5.29. The molecule has 2 aromatic carbocycles. The number of benzene rings is 2. The van der Waals surface area contributed by atoms with E-state index >= 15 is 0 Å². The number of hydrogen-bond donors (Lipinski definition) is 1. The second-order valence-electron chi connectivity index (χ2n) is 5.29. The molecule has 0 bridgehead atoms. The Hall–Kier alpha value is -3.54. The third-order valence-corrected chi connectivity index (χ3v) is 3.39. The molecule has 1 N–H and O–H groups in total. The molecule has 1 amide bonds. The molecular formula is C19H14F4N2O3. The molecule has 146 valence electrons. The third-order valence-electron chi connectivity index (χ3n) is 3.39. The molecule has 0 saturated heterocycles. The molecule has 0 aliphatic rings. The summed E-state index contributed by atoms with van der Waals surface area (Å²) >= 11 is 0. The van der Waals surface area contributed by atoms with Crippen molar-refractivity contribution in [1.29, 1.82) is 5.26 Å². The van der Waals surface area contributed by atoms with Crippen molar-refractivity contribution in [2.45, 2.75) is 19.8 Å². The lowest BCUT2D eigenvalue weighted by Crippen LogP contribution is -2.23. The highest BCUT2D eigenvalue weighted by molar-refractivity contribution is 6.01. The van der Waals surface area contributed by atoms with E-state index in [-0.39, 0.29) is 17.7 Å². The minimum atomic E-state index is -3.24. The molecule has 28 heavy (non-hydrogen) atoms. The number of ether oxygens (including phenoxy) is 2. The Labute approximate surface area is 157 Å². The Morgan fingerprint density at radius 3 is 2.36 bits per heavy atom. The molecule has 0 aliphatic heterocycles. The summed E-state index contributed by atoms with van der Waals surface area (Å²) in [6.07, 6.45) is 1.02. The Bertz CT molecular complexity index is 880.